The maximum Gasteiger partial charge on any atom is 0.245 e. The average Bonchev–Trinajstić information content (AvgIpc) is 3.34. The van der Waals surface area contributed by atoms with Crippen LogP contribution in [0.25, 0.3) is 22.4 Å². The second kappa shape index (κ2) is 7.41. The van der Waals surface area contributed by atoms with Crippen LogP contribution in [0.5, 0.6) is 5.75 Å². The Kier molecular flexibility index (Phi) is 4.61. The summed E-state index contributed by atoms with van der Waals surface area (Å²) in [7, 11) is 1.86. The average molecular weight is 393 g/mol. The molecule has 2 aromatic heterocycles. The van der Waals surface area contributed by atoms with Gasteiger partial charge in [-0.3, -0.25) is 4.68 Å². The number of aromatic nitrogens is 5. The van der Waals surface area contributed by atoms with E-state index in [1.165, 1.54) is 0 Å². The molecule has 29 heavy (non-hydrogen) atoms. The third-order valence-electron chi connectivity index (χ3n) is 5.44. The van der Waals surface area contributed by atoms with Gasteiger partial charge in [0.1, 0.15) is 11.4 Å². The predicted octanol–water partition coefficient (Wildman–Crippen LogP) is 1.21. The molecule has 1 atom stereocenters. The summed E-state index contributed by atoms with van der Waals surface area (Å²) in [6, 6.07) is 6.38. The van der Waals surface area contributed by atoms with Gasteiger partial charge in [-0.25, -0.2) is 4.98 Å². The zero-order valence-electron chi connectivity index (χ0n) is 16.2. The Bertz CT molecular complexity index is 1000. The van der Waals surface area contributed by atoms with Crippen molar-refractivity contribution in [1.82, 2.24) is 30.3 Å². The van der Waals surface area contributed by atoms with Gasteiger partial charge in [-0.05, 0) is 24.1 Å². The molecular formula is C20H23N7O2. The van der Waals surface area contributed by atoms with Crippen LogP contribution >= 0.6 is 0 Å². The number of phenolic OH excluding ortho intramolecular Hbond substituents is 1. The van der Waals surface area contributed by atoms with Crippen molar-refractivity contribution in [1.29, 1.82) is 0 Å². The molecule has 2 saturated heterocycles. The highest BCUT2D eigenvalue weighted by atomic mass is 16.5. The van der Waals surface area contributed by atoms with Crippen molar-refractivity contribution >= 4 is 5.95 Å². The van der Waals surface area contributed by atoms with Crippen molar-refractivity contribution in [3.63, 3.8) is 0 Å². The van der Waals surface area contributed by atoms with E-state index in [4.69, 9.17) is 4.74 Å². The number of nitrogens with zero attached hydrogens (tertiary/aromatic N) is 6. The third kappa shape index (κ3) is 3.66. The number of hydrogen-bond acceptors (Lipinski definition) is 8. The van der Waals surface area contributed by atoms with Crippen LogP contribution in [0.15, 0.2) is 36.8 Å². The van der Waals surface area contributed by atoms with Crippen molar-refractivity contribution in [3.8, 4) is 28.1 Å². The van der Waals surface area contributed by atoms with E-state index in [2.05, 4.69) is 30.5 Å². The number of benzene rings is 1. The molecule has 5 rings (SSSR count). The quantitative estimate of drug-likeness (QED) is 0.667. The van der Waals surface area contributed by atoms with Crippen molar-refractivity contribution in [2.24, 2.45) is 7.05 Å². The number of anilines is 1. The lowest BCUT2D eigenvalue weighted by molar-refractivity contribution is -0.00895. The topological polar surface area (TPSA) is 101 Å². The summed E-state index contributed by atoms with van der Waals surface area (Å²) < 4.78 is 6.95. The molecule has 9 nitrogen and oxygen atoms in total. The monoisotopic (exact) mass is 393 g/mol. The van der Waals surface area contributed by atoms with Crippen LogP contribution in [-0.4, -0.2) is 68.5 Å². The molecule has 1 unspecified atom stereocenters. The van der Waals surface area contributed by atoms with E-state index in [9.17, 15) is 5.11 Å². The van der Waals surface area contributed by atoms with Crippen LogP contribution in [0, 0.1) is 0 Å². The predicted molar refractivity (Wildman–Crippen MR) is 107 cm³/mol. The molecule has 4 heterocycles. The molecule has 0 saturated carbocycles. The van der Waals surface area contributed by atoms with Crippen molar-refractivity contribution in [3.05, 3.63) is 36.8 Å². The minimum Gasteiger partial charge on any atom is -0.507 e. The van der Waals surface area contributed by atoms with E-state index < -0.39 is 0 Å². The molecule has 3 aromatic rings. The van der Waals surface area contributed by atoms with Crippen LogP contribution in [0.2, 0.25) is 0 Å². The molecule has 0 spiro atoms. The minimum atomic E-state index is 0.142. The van der Waals surface area contributed by atoms with Crippen LogP contribution < -0.4 is 10.2 Å². The zero-order chi connectivity index (χ0) is 19.8. The molecule has 1 aromatic carbocycles. The summed E-state index contributed by atoms with van der Waals surface area (Å²) >= 11 is 0. The Morgan fingerprint density at radius 2 is 2.03 bits per heavy atom. The van der Waals surface area contributed by atoms with E-state index in [1.54, 1.807) is 23.1 Å². The lowest BCUT2D eigenvalue weighted by atomic mass is 10.0. The number of nitrogens with one attached hydrogen (secondary N) is 1. The van der Waals surface area contributed by atoms with Crippen LogP contribution in [0.4, 0.5) is 5.95 Å². The fourth-order valence-corrected chi connectivity index (χ4v) is 3.78. The largest absolute Gasteiger partial charge is 0.507 e. The first-order valence-corrected chi connectivity index (χ1v) is 9.76. The number of ether oxygens (including phenoxy) is 1. The van der Waals surface area contributed by atoms with Gasteiger partial charge in [-0.1, -0.05) is 6.07 Å². The van der Waals surface area contributed by atoms with Gasteiger partial charge in [0, 0.05) is 43.5 Å². The minimum absolute atomic E-state index is 0.142. The molecule has 150 valence electrons. The fraction of sp³-hybridized carbons (Fsp3) is 0.400. The van der Waals surface area contributed by atoms with E-state index in [0.29, 0.717) is 29.3 Å². The Morgan fingerprint density at radius 1 is 1.14 bits per heavy atom. The number of phenols is 1. The highest BCUT2D eigenvalue weighted by Crippen LogP contribution is 2.32. The summed E-state index contributed by atoms with van der Waals surface area (Å²) in [6.07, 6.45) is 6.39. The van der Waals surface area contributed by atoms with Crippen molar-refractivity contribution in [2.45, 2.75) is 18.5 Å². The van der Waals surface area contributed by atoms with Gasteiger partial charge in [0.25, 0.3) is 0 Å². The van der Waals surface area contributed by atoms with Crippen LogP contribution in [0.3, 0.4) is 0 Å². The Balaban J connectivity index is 1.29. The van der Waals surface area contributed by atoms with E-state index >= 15 is 0 Å². The third-order valence-corrected chi connectivity index (χ3v) is 5.44. The highest BCUT2D eigenvalue weighted by molar-refractivity contribution is 5.73. The molecule has 2 fully saturated rings. The van der Waals surface area contributed by atoms with Gasteiger partial charge in [-0.15, -0.1) is 10.2 Å². The molecule has 0 amide bonds. The molecule has 9 heteroatoms. The lowest BCUT2D eigenvalue weighted by Crippen LogP contribution is -2.51. The normalized spacial score (nSPS) is 19.5. The summed E-state index contributed by atoms with van der Waals surface area (Å²) in [5.41, 5.74) is 2.99. The second-order valence-electron chi connectivity index (χ2n) is 7.61. The van der Waals surface area contributed by atoms with E-state index in [0.717, 1.165) is 43.9 Å². The van der Waals surface area contributed by atoms with Gasteiger partial charge in [-0.2, -0.15) is 5.10 Å². The van der Waals surface area contributed by atoms with Crippen molar-refractivity contribution in [2.75, 3.05) is 31.2 Å². The molecule has 0 radical (unpaired) electrons. The first-order valence-electron chi connectivity index (χ1n) is 9.76. The van der Waals surface area contributed by atoms with Gasteiger partial charge < -0.3 is 20.1 Å². The van der Waals surface area contributed by atoms with Gasteiger partial charge in [0.05, 0.1) is 31.6 Å². The van der Waals surface area contributed by atoms with E-state index in [-0.39, 0.29) is 5.75 Å². The summed E-state index contributed by atoms with van der Waals surface area (Å²) in [5, 5.41) is 26.9. The van der Waals surface area contributed by atoms with Crippen LogP contribution in [0.1, 0.15) is 6.42 Å². The molecule has 0 bridgehead atoms. The Labute approximate surface area is 168 Å². The van der Waals surface area contributed by atoms with Gasteiger partial charge in [0.2, 0.25) is 5.95 Å². The molecule has 2 aliphatic heterocycles. The Hall–Kier alpha value is -3.04. The standard InChI is InChI=1S/C20H23N7O2/c1-26-9-14(7-22-26)13-2-3-17(19(28)6-13)18-8-21-20(25-24-18)27-5-4-15(10-27)23-16-11-29-12-16/h2-3,6-9,15-16,23,28H,4-5,10-12H2,1H3. The smallest absolute Gasteiger partial charge is 0.245 e. The van der Waals surface area contributed by atoms with Gasteiger partial charge in [0.15, 0.2) is 0 Å². The van der Waals surface area contributed by atoms with Gasteiger partial charge >= 0.3 is 0 Å². The number of aromatic hydroxyl groups is 1. The molecule has 0 aliphatic carbocycles. The van der Waals surface area contributed by atoms with E-state index in [1.807, 2.05) is 25.4 Å². The number of aryl methyl sites for hydroxylation is 1. The lowest BCUT2D eigenvalue weighted by Gasteiger charge is -2.30. The maximum absolute atomic E-state index is 10.5. The Morgan fingerprint density at radius 3 is 2.69 bits per heavy atom. The molecule has 2 aliphatic rings. The maximum atomic E-state index is 10.5. The summed E-state index contributed by atoms with van der Waals surface area (Å²) in [6.45, 7) is 3.36. The number of rotatable bonds is 5. The summed E-state index contributed by atoms with van der Waals surface area (Å²) in [4.78, 5) is 6.62. The second-order valence-corrected chi connectivity index (χ2v) is 7.61. The molecular weight excluding hydrogens is 370 g/mol. The molecule has 2 N–H and O–H groups in total. The first-order chi connectivity index (χ1) is 14.2. The highest BCUT2D eigenvalue weighted by Gasteiger charge is 2.29. The van der Waals surface area contributed by atoms with Crippen molar-refractivity contribution < 1.29 is 9.84 Å². The summed E-state index contributed by atoms with van der Waals surface area (Å²) in [5.74, 6) is 0.762. The fourth-order valence-electron chi connectivity index (χ4n) is 3.78. The number of hydrogen-bond donors (Lipinski definition) is 2. The first kappa shape index (κ1) is 18.0. The zero-order valence-corrected chi connectivity index (χ0v) is 16.2. The van der Waals surface area contributed by atoms with Crippen LogP contribution in [-0.2, 0) is 11.8 Å². The SMILES string of the molecule is Cn1cc(-c2ccc(-c3cnc(N4CCC(NC5COC5)C4)nn3)c(O)c2)cn1.